The Morgan fingerprint density at radius 3 is 2.88 bits per heavy atom. The van der Waals surface area contributed by atoms with Crippen LogP contribution in [-0.2, 0) is 7.05 Å². The van der Waals surface area contributed by atoms with Crippen molar-refractivity contribution >= 4 is 23.9 Å². The Labute approximate surface area is 152 Å². The van der Waals surface area contributed by atoms with Gasteiger partial charge in [-0.3, -0.25) is 0 Å². The van der Waals surface area contributed by atoms with E-state index in [2.05, 4.69) is 39.8 Å². The predicted octanol–water partition coefficient (Wildman–Crippen LogP) is 2.79. The molecule has 0 unspecified atom stereocenters. The molecule has 25 heavy (non-hydrogen) atoms. The average molecular weight is 357 g/mol. The number of rotatable bonds is 8. The van der Waals surface area contributed by atoms with E-state index in [-0.39, 0.29) is 6.03 Å². The van der Waals surface area contributed by atoms with Crippen LogP contribution in [0.3, 0.4) is 0 Å². The number of carbonyl (C=O) groups excluding carboxylic acids is 1. The zero-order chi connectivity index (χ0) is 17.5. The lowest BCUT2D eigenvalue weighted by Crippen LogP contribution is -2.42. The van der Waals surface area contributed by atoms with Gasteiger partial charge < -0.3 is 14.8 Å². The van der Waals surface area contributed by atoms with Crippen LogP contribution in [-0.4, -0.2) is 50.6 Å². The predicted molar refractivity (Wildman–Crippen MR) is 100 cm³/mol. The fraction of sp³-hybridized carbons (Fsp3) is 0.389. The van der Waals surface area contributed by atoms with Gasteiger partial charge in [-0.1, -0.05) is 54.2 Å². The lowest BCUT2D eigenvalue weighted by atomic mass is 10.2. The third-order valence-electron chi connectivity index (χ3n) is 3.94. The highest BCUT2D eigenvalue weighted by molar-refractivity contribution is 7.99. The second-order valence-corrected chi connectivity index (χ2v) is 7.06. The molecule has 2 amide bonds. The fourth-order valence-electron chi connectivity index (χ4n) is 2.46. The van der Waals surface area contributed by atoms with Crippen molar-refractivity contribution in [1.82, 2.24) is 25.0 Å². The van der Waals surface area contributed by atoms with E-state index in [1.54, 1.807) is 18.1 Å². The number of aromatic nitrogens is 3. The van der Waals surface area contributed by atoms with Crippen molar-refractivity contribution in [3.8, 4) is 0 Å². The summed E-state index contributed by atoms with van der Waals surface area (Å²) >= 11 is 1.59. The van der Waals surface area contributed by atoms with E-state index in [1.807, 2.05) is 34.7 Å². The summed E-state index contributed by atoms with van der Waals surface area (Å²) < 4.78 is 1.87. The van der Waals surface area contributed by atoms with Crippen LogP contribution in [0.25, 0.3) is 6.08 Å². The number of urea groups is 1. The van der Waals surface area contributed by atoms with Gasteiger partial charge in [0.2, 0.25) is 0 Å². The van der Waals surface area contributed by atoms with Gasteiger partial charge in [-0.2, -0.15) is 0 Å². The summed E-state index contributed by atoms with van der Waals surface area (Å²) in [4.78, 5) is 14.4. The van der Waals surface area contributed by atoms with Gasteiger partial charge in [0, 0.05) is 31.9 Å². The number of hydrogen-bond acceptors (Lipinski definition) is 4. The standard InChI is InChI=1S/C18H23N5OS/c1-22-14-20-21-18(22)25-13-11-19-17(24)23(16-9-10-16)12-5-8-15-6-3-2-4-7-15/h2-8,14,16H,9-13H2,1H3,(H,19,24). The van der Waals surface area contributed by atoms with Crippen LogP contribution in [0.4, 0.5) is 4.79 Å². The van der Waals surface area contributed by atoms with Gasteiger partial charge in [-0.25, -0.2) is 4.79 Å². The molecule has 1 saturated carbocycles. The minimum atomic E-state index is 0.0128. The summed E-state index contributed by atoms with van der Waals surface area (Å²) in [6.45, 7) is 1.25. The normalized spacial score (nSPS) is 14.0. The number of amides is 2. The Hall–Kier alpha value is -2.28. The summed E-state index contributed by atoms with van der Waals surface area (Å²) in [5, 5.41) is 11.7. The van der Waals surface area contributed by atoms with Crippen molar-refractivity contribution in [2.45, 2.75) is 24.0 Å². The zero-order valence-electron chi connectivity index (χ0n) is 14.3. The summed E-state index contributed by atoms with van der Waals surface area (Å²) in [6, 6.07) is 10.5. The van der Waals surface area contributed by atoms with Gasteiger partial charge in [0.1, 0.15) is 6.33 Å². The highest BCUT2D eigenvalue weighted by Crippen LogP contribution is 2.26. The summed E-state index contributed by atoms with van der Waals surface area (Å²) in [7, 11) is 1.91. The molecule has 7 heteroatoms. The Bertz CT molecular complexity index is 711. The van der Waals surface area contributed by atoms with Crippen LogP contribution < -0.4 is 5.32 Å². The molecule has 0 atom stereocenters. The van der Waals surface area contributed by atoms with Crippen molar-refractivity contribution in [2.75, 3.05) is 18.8 Å². The molecule has 1 aliphatic carbocycles. The first-order chi connectivity index (χ1) is 12.2. The molecule has 0 bridgehead atoms. The first kappa shape index (κ1) is 17.5. The zero-order valence-corrected chi connectivity index (χ0v) is 15.2. The molecule has 0 aliphatic heterocycles. The van der Waals surface area contributed by atoms with E-state index in [9.17, 15) is 4.79 Å². The monoisotopic (exact) mass is 357 g/mol. The van der Waals surface area contributed by atoms with E-state index in [4.69, 9.17) is 0 Å². The van der Waals surface area contributed by atoms with Crippen molar-refractivity contribution in [2.24, 2.45) is 7.05 Å². The first-order valence-electron chi connectivity index (χ1n) is 8.47. The highest BCUT2D eigenvalue weighted by atomic mass is 32.2. The SMILES string of the molecule is Cn1cnnc1SCCNC(=O)N(CC=Cc1ccccc1)C1CC1. The molecule has 1 heterocycles. The molecular formula is C18H23N5OS. The van der Waals surface area contributed by atoms with Crippen molar-refractivity contribution < 1.29 is 4.79 Å². The lowest BCUT2D eigenvalue weighted by Gasteiger charge is -2.21. The van der Waals surface area contributed by atoms with E-state index < -0.39 is 0 Å². The number of benzene rings is 1. The minimum Gasteiger partial charge on any atom is -0.337 e. The molecule has 132 valence electrons. The van der Waals surface area contributed by atoms with Crippen LogP contribution in [0.2, 0.25) is 0 Å². The number of nitrogens with one attached hydrogen (secondary N) is 1. The summed E-state index contributed by atoms with van der Waals surface area (Å²) in [5.41, 5.74) is 1.15. The van der Waals surface area contributed by atoms with Gasteiger partial charge >= 0.3 is 6.03 Å². The largest absolute Gasteiger partial charge is 0.337 e. The van der Waals surface area contributed by atoms with Gasteiger partial charge in [-0.15, -0.1) is 10.2 Å². The number of aryl methyl sites for hydroxylation is 1. The lowest BCUT2D eigenvalue weighted by molar-refractivity contribution is 0.201. The molecule has 1 aromatic carbocycles. The Kier molecular flexibility index (Phi) is 6.11. The fourth-order valence-corrected chi connectivity index (χ4v) is 3.20. The maximum absolute atomic E-state index is 12.4. The van der Waals surface area contributed by atoms with Crippen LogP contribution in [0, 0.1) is 0 Å². The molecule has 1 aliphatic rings. The maximum atomic E-state index is 12.4. The molecule has 0 radical (unpaired) electrons. The molecule has 1 aromatic heterocycles. The van der Waals surface area contributed by atoms with E-state index in [0.717, 1.165) is 29.3 Å². The number of hydrogen-bond donors (Lipinski definition) is 1. The molecule has 2 aromatic rings. The molecule has 3 rings (SSSR count). The topological polar surface area (TPSA) is 63.1 Å². The van der Waals surface area contributed by atoms with Crippen LogP contribution in [0.1, 0.15) is 18.4 Å². The Balaban J connectivity index is 1.43. The minimum absolute atomic E-state index is 0.0128. The Morgan fingerprint density at radius 2 is 2.20 bits per heavy atom. The molecule has 0 saturated heterocycles. The van der Waals surface area contributed by atoms with Crippen LogP contribution in [0.5, 0.6) is 0 Å². The highest BCUT2D eigenvalue weighted by Gasteiger charge is 2.31. The molecule has 1 N–H and O–H groups in total. The number of carbonyl (C=O) groups is 1. The van der Waals surface area contributed by atoms with E-state index >= 15 is 0 Å². The third-order valence-corrected chi connectivity index (χ3v) is 4.98. The molecule has 1 fully saturated rings. The second-order valence-electron chi connectivity index (χ2n) is 6.00. The Morgan fingerprint density at radius 1 is 1.40 bits per heavy atom. The van der Waals surface area contributed by atoms with Crippen molar-refractivity contribution in [3.05, 3.63) is 48.3 Å². The van der Waals surface area contributed by atoms with Crippen molar-refractivity contribution in [1.29, 1.82) is 0 Å². The van der Waals surface area contributed by atoms with Gasteiger partial charge in [0.15, 0.2) is 5.16 Å². The smallest absolute Gasteiger partial charge is 0.317 e. The molecular weight excluding hydrogens is 334 g/mol. The second kappa shape index (κ2) is 8.71. The van der Waals surface area contributed by atoms with Crippen LogP contribution >= 0.6 is 11.8 Å². The number of nitrogens with zero attached hydrogens (tertiary/aromatic N) is 4. The van der Waals surface area contributed by atoms with Gasteiger partial charge in [-0.05, 0) is 18.4 Å². The van der Waals surface area contributed by atoms with E-state index in [0.29, 0.717) is 19.1 Å². The molecule has 6 nitrogen and oxygen atoms in total. The van der Waals surface area contributed by atoms with Gasteiger partial charge in [0.05, 0.1) is 0 Å². The maximum Gasteiger partial charge on any atom is 0.317 e. The van der Waals surface area contributed by atoms with E-state index in [1.165, 1.54) is 0 Å². The average Bonchev–Trinajstić information content (AvgIpc) is 3.38. The van der Waals surface area contributed by atoms with Crippen LogP contribution in [0.15, 0.2) is 47.9 Å². The van der Waals surface area contributed by atoms with Crippen molar-refractivity contribution in [3.63, 3.8) is 0 Å². The molecule has 0 spiro atoms. The third kappa shape index (κ3) is 5.35. The number of thioether (sulfide) groups is 1. The summed E-state index contributed by atoms with van der Waals surface area (Å²) in [6.07, 6.45) is 7.99. The van der Waals surface area contributed by atoms with Gasteiger partial charge in [0.25, 0.3) is 0 Å². The first-order valence-corrected chi connectivity index (χ1v) is 9.45. The summed E-state index contributed by atoms with van der Waals surface area (Å²) in [5.74, 6) is 0.774. The quantitative estimate of drug-likeness (QED) is 0.583.